The summed E-state index contributed by atoms with van der Waals surface area (Å²) in [4.78, 5) is 40.4. The molecule has 0 aliphatic rings. The Morgan fingerprint density at radius 1 is 1.48 bits per heavy atom. The van der Waals surface area contributed by atoms with E-state index >= 15 is 0 Å². The average molecular weight is 337 g/mol. The average Bonchev–Trinajstić information content (AvgIpc) is 3.03. The third kappa shape index (κ3) is 3.76. The fraction of sp³-hybridized carbons (Fsp3) is 0.467. The van der Waals surface area contributed by atoms with Gasteiger partial charge in [-0.25, -0.2) is 9.78 Å². The van der Waals surface area contributed by atoms with E-state index in [0.29, 0.717) is 16.6 Å². The predicted octanol–water partition coefficient (Wildman–Crippen LogP) is 1.16. The summed E-state index contributed by atoms with van der Waals surface area (Å²) in [7, 11) is 1.28. The van der Waals surface area contributed by atoms with E-state index in [4.69, 9.17) is 4.74 Å². The summed E-state index contributed by atoms with van der Waals surface area (Å²) in [6.45, 7) is 3.59. The Morgan fingerprint density at radius 3 is 2.87 bits per heavy atom. The van der Waals surface area contributed by atoms with Gasteiger partial charge in [0.15, 0.2) is 0 Å². The van der Waals surface area contributed by atoms with E-state index in [2.05, 4.69) is 10.3 Å². The van der Waals surface area contributed by atoms with Crippen molar-refractivity contribution in [1.29, 1.82) is 0 Å². The largest absolute Gasteiger partial charge is 0.467 e. The van der Waals surface area contributed by atoms with Gasteiger partial charge in [0, 0.05) is 0 Å². The lowest BCUT2D eigenvalue weighted by molar-refractivity contribution is -0.146. The molecule has 0 aromatic carbocycles. The number of nitrogens with zero attached hydrogens (tertiary/aromatic N) is 2. The van der Waals surface area contributed by atoms with Crippen molar-refractivity contribution in [2.45, 2.75) is 32.9 Å². The van der Waals surface area contributed by atoms with E-state index in [1.165, 1.54) is 29.3 Å². The van der Waals surface area contributed by atoms with E-state index in [1.54, 1.807) is 11.4 Å². The fourth-order valence-corrected chi connectivity index (χ4v) is 2.95. The Morgan fingerprint density at radius 2 is 2.22 bits per heavy atom. The smallest absolute Gasteiger partial charge is 0.328 e. The van der Waals surface area contributed by atoms with Crippen LogP contribution in [0.15, 0.2) is 22.6 Å². The van der Waals surface area contributed by atoms with Crippen molar-refractivity contribution in [2.75, 3.05) is 7.11 Å². The van der Waals surface area contributed by atoms with Gasteiger partial charge >= 0.3 is 5.97 Å². The molecule has 0 fully saturated rings. The maximum absolute atomic E-state index is 12.3. The van der Waals surface area contributed by atoms with Crippen molar-refractivity contribution in [3.63, 3.8) is 0 Å². The summed E-state index contributed by atoms with van der Waals surface area (Å²) in [5.74, 6) is -0.992. The van der Waals surface area contributed by atoms with Gasteiger partial charge in [-0.05, 0) is 17.4 Å². The number of hydrogen-bond donors (Lipinski definition) is 1. The highest BCUT2D eigenvalue weighted by atomic mass is 32.1. The monoisotopic (exact) mass is 337 g/mol. The minimum atomic E-state index is -0.730. The van der Waals surface area contributed by atoms with Crippen LogP contribution in [0.5, 0.6) is 0 Å². The Balaban J connectivity index is 2.14. The quantitative estimate of drug-likeness (QED) is 0.799. The van der Waals surface area contributed by atoms with Crippen molar-refractivity contribution in [3.05, 3.63) is 28.1 Å². The maximum atomic E-state index is 12.3. The first kappa shape index (κ1) is 17.1. The molecule has 2 aromatic rings. The van der Waals surface area contributed by atoms with Crippen LogP contribution in [0, 0.1) is 5.92 Å². The zero-order valence-electron chi connectivity index (χ0n) is 13.2. The first-order valence-corrected chi connectivity index (χ1v) is 8.15. The molecule has 0 saturated carbocycles. The van der Waals surface area contributed by atoms with Crippen LogP contribution in [0.3, 0.4) is 0 Å². The molecule has 0 spiro atoms. The van der Waals surface area contributed by atoms with Crippen LogP contribution in [0.1, 0.15) is 20.3 Å². The van der Waals surface area contributed by atoms with E-state index in [0.717, 1.165) is 0 Å². The van der Waals surface area contributed by atoms with Gasteiger partial charge in [0.05, 0.1) is 19.0 Å². The van der Waals surface area contributed by atoms with E-state index in [-0.39, 0.29) is 18.0 Å². The Labute approximate surface area is 137 Å². The van der Waals surface area contributed by atoms with Crippen molar-refractivity contribution in [1.82, 2.24) is 14.9 Å². The third-order valence-electron chi connectivity index (χ3n) is 3.73. The SMILES string of the molecule is CCC(C)C(NC(=O)Cn1cnc2ccsc2c1=O)C(=O)OC. The maximum Gasteiger partial charge on any atom is 0.328 e. The summed E-state index contributed by atoms with van der Waals surface area (Å²) in [6.07, 6.45) is 2.05. The zero-order chi connectivity index (χ0) is 17.0. The number of esters is 1. The molecule has 1 N–H and O–H groups in total. The van der Waals surface area contributed by atoms with E-state index < -0.39 is 17.9 Å². The number of carbonyl (C=O) groups is 2. The van der Waals surface area contributed by atoms with Crippen LogP contribution in [0.2, 0.25) is 0 Å². The fourth-order valence-electron chi connectivity index (χ4n) is 2.16. The Kier molecular flexibility index (Phi) is 5.49. The summed E-state index contributed by atoms with van der Waals surface area (Å²) in [6, 6.07) is 1.02. The molecule has 7 nitrogen and oxygen atoms in total. The number of methoxy groups -OCH3 is 1. The molecule has 2 unspecified atom stereocenters. The van der Waals surface area contributed by atoms with Crippen molar-refractivity contribution < 1.29 is 14.3 Å². The van der Waals surface area contributed by atoms with Crippen molar-refractivity contribution >= 4 is 33.4 Å². The summed E-state index contributed by atoms with van der Waals surface area (Å²) >= 11 is 1.28. The Hall–Kier alpha value is -2.22. The highest BCUT2D eigenvalue weighted by Gasteiger charge is 2.26. The van der Waals surface area contributed by atoms with E-state index in [1.807, 2.05) is 13.8 Å². The number of fused-ring (bicyclic) bond motifs is 1. The van der Waals surface area contributed by atoms with Gasteiger partial charge in [-0.1, -0.05) is 20.3 Å². The third-order valence-corrected chi connectivity index (χ3v) is 4.63. The molecule has 0 aliphatic carbocycles. The summed E-state index contributed by atoms with van der Waals surface area (Å²) in [5, 5.41) is 4.42. The molecule has 2 aromatic heterocycles. The highest BCUT2D eigenvalue weighted by molar-refractivity contribution is 7.17. The number of carbonyl (C=O) groups excluding carboxylic acids is 2. The lowest BCUT2D eigenvalue weighted by Crippen LogP contribution is -2.47. The number of rotatable bonds is 6. The number of hydrogen-bond acceptors (Lipinski definition) is 6. The van der Waals surface area contributed by atoms with Crippen LogP contribution in [-0.2, 0) is 20.9 Å². The second kappa shape index (κ2) is 7.36. The zero-order valence-corrected chi connectivity index (χ0v) is 14.1. The van der Waals surface area contributed by atoms with Gasteiger partial charge in [-0.3, -0.25) is 14.2 Å². The van der Waals surface area contributed by atoms with Crippen LogP contribution in [-0.4, -0.2) is 34.6 Å². The summed E-state index contributed by atoms with van der Waals surface area (Å²) in [5.41, 5.74) is 0.349. The molecule has 2 heterocycles. The number of thiophene rings is 1. The van der Waals surface area contributed by atoms with Crippen molar-refractivity contribution in [2.24, 2.45) is 5.92 Å². The van der Waals surface area contributed by atoms with Gasteiger partial charge in [0.25, 0.3) is 5.56 Å². The van der Waals surface area contributed by atoms with Crippen LogP contribution in [0.4, 0.5) is 0 Å². The predicted molar refractivity (Wildman–Crippen MR) is 87.3 cm³/mol. The van der Waals surface area contributed by atoms with Crippen LogP contribution >= 0.6 is 11.3 Å². The van der Waals surface area contributed by atoms with Gasteiger partial charge in [0.2, 0.25) is 5.91 Å². The number of ether oxygens (including phenoxy) is 1. The molecule has 2 rings (SSSR count). The number of amides is 1. The molecular weight excluding hydrogens is 318 g/mol. The molecule has 0 bridgehead atoms. The lowest BCUT2D eigenvalue weighted by atomic mass is 9.99. The minimum Gasteiger partial charge on any atom is -0.467 e. The summed E-state index contributed by atoms with van der Waals surface area (Å²) < 4.78 is 6.47. The minimum absolute atomic E-state index is 0.0685. The van der Waals surface area contributed by atoms with Gasteiger partial charge in [-0.2, -0.15) is 0 Å². The molecule has 8 heteroatoms. The standard InChI is InChI=1S/C15H19N3O4S/c1-4-9(2)12(15(21)22-3)17-11(19)7-18-8-16-10-5-6-23-13(10)14(18)20/h5-6,8-9,12H,4,7H2,1-3H3,(H,17,19). The molecule has 0 saturated heterocycles. The van der Waals surface area contributed by atoms with Crippen LogP contribution in [0.25, 0.3) is 10.2 Å². The molecule has 1 amide bonds. The molecule has 0 radical (unpaired) electrons. The van der Waals surface area contributed by atoms with Gasteiger partial charge in [0.1, 0.15) is 17.3 Å². The number of nitrogens with one attached hydrogen (secondary N) is 1. The first-order valence-electron chi connectivity index (χ1n) is 7.27. The second-order valence-corrected chi connectivity index (χ2v) is 6.18. The number of aromatic nitrogens is 2. The second-order valence-electron chi connectivity index (χ2n) is 5.27. The highest BCUT2D eigenvalue weighted by Crippen LogP contribution is 2.13. The lowest BCUT2D eigenvalue weighted by Gasteiger charge is -2.21. The van der Waals surface area contributed by atoms with Crippen molar-refractivity contribution in [3.8, 4) is 0 Å². The molecule has 0 aliphatic heterocycles. The Bertz CT molecular complexity index is 767. The topological polar surface area (TPSA) is 90.3 Å². The normalized spacial score (nSPS) is 13.5. The molecule has 23 heavy (non-hydrogen) atoms. The molecule has 124 valence electrons. The molecule has 2 atom stereocenters. The molecular formula is C15H19N3O4S. The van der Waals surface area contributed by atoms with Gasteiger partial charge < -0.3 is 10.1 Å². The first-order chi connectivity index (χ1) is 11.0. The van der Waals surface area contributed by atoms with Gasteiger partial charge in [-0.15, -0.1) is 11.3 Å². The van der Waals surface area contributed by atoms with E-state index in [9.17, 15) is 14.4 Å². The van der Waals surface area contributed by atoms with Crippen LogP contribution < -0.4 is 10.9 Å².